The summed E-state index contributed by atoms with van der Waals surface area (Å²) in [6.45, 7) is 0. The molecule has 0 aliphatic rings. The summed E-state index contributed by atoms with van der Waals surface area (Å²) in [5.41, 5.74) is 3.61. The van der Waals surface area contributed by atoms with Gasteiger partial charge in [-0.05, 0) is 67.3 Å². The number of carbonyl (C=O) groups excluding carboxylic acids is 1. The van der Waals surface area contributed by atoms with Gasteiger partial charge in [0.05, 0.1) is 10.2 Å². The van der Waals surface area contributed by atoms with Gasteiger partial charge in [0.1, 0.15) is 12.0 Å². The van der Waals surface area contributed by atoms with Crippen LogP contribution in [0.2, 0.25) is 0 Å². The van der Waals surface area contributed by atoms with Crippen LogP contribution in [-0.2, 0) is 4.94 Å². The second-order valence-corrected chi connectivity index (χ2v) is 6.93. The molecular weight excluding hydrogens is 457 g/mol. The van der Waals surface area contributed by atoms with Crippen molar-refractivity contribution in [1.29, 1.82) is 0 Å². The average Bonchev–Trinajstić information content (AvgIpc) is 3.20. The van der Waals surface area contributed by atoms with Crippen molar-refractivity contribution in [3.8, 4) is 0 Å². The summed E-state index contributed by atoms with van der Waals surface area (Å²) < 4.78 is 18.2. The summed E-state index contributed by atoms with van der Waals surface area (Å²) in [4.78, 5) is 17.5. The molecule has 1 amide bonds. The van der Waals surface area contributed by atoms with Crippen molar-refractivity contribution < 1.29 is 18.8 Å². The van der Waals surface area contributed by atoms with E-state index in [2.05, 4.69) is 46.8 Å². The van der Waals surface area contributed by atoms with E-state index in [1.54, 1.807) is 12.1 Å². The Bertz CT molecular complexity index is 1240. The van der Waals surface area contributed by atoms with Crippen LogP contribution in [0.15, 0.2) is 74.9 Å². The van der Waals surface area contributed by atoms with Gasteiger partial charge in [0, 0.05) is 5.56 Å². The van der Waals surface area contributed by atoms with Gasteiger partial charge >= 0.3 is 0 Å². The molecule has 0 aliphatic carbocycles. The maximum Gasteiger partial charge on any atom is 0.256 e. The van der Waals surface area contributed by atoms with Crippen LogP contribution in [0.1, 0.15) is 16.1 Å². The van der Waals surface area contributed by atoms with E-state index in [0.717, 1.165) is 10.8 Å². The molecule has 4 aromatic rings. The summed E-state index contributed by atoms with van der Waals surface area (Å²) in [7, 11) is 0. The Balaban J connectivity index is 1.40. The first-order valence-electron chi connectivity index (χ1n) is 8.63. The fraction of sp³-hybridized carbons (Fsp3) is 0. The number of halogens is 2. The van der Waals surface area contributed by atoms with E-state index in [-0.39, 0.29) is 21.9 Å². The third-order valence-electron chi connectivity index (χ3n) is 4.07. The number of rotatable bonds is 6. The minimum atomic E-state index is -0.399. The molecule has 2 N–H and O–H groups in total. The van der Waals surface area contributed by atoms with Gasteiger partial charge in [0.25, 0.3) is 5.91 Å². The van der Waals surface area contributed by atoms with E-state index in [0.29, 0.717) is 11.3 Å². The van der Waals surface area contributed by atoms with Crippen LogP contribution in [0.25, 0.3) is 10.8 Å². The number of oxime groups is 1. The summed E-state index contributed by atoms with van der Waals surface area (Å²) in [5, 5.41) is 15.6. The minimum Gasteiger partial charge on any atom is -0.302 e. The van der Waals surface area contributed by atoms with Crippen LogP contribution in [-0.4, -0.2) is 22.4 Å². The molecule has 0 aliphatic heterocycles. The number of fused-ring (bicyclic) bond motifs is 1. The molecule has 10 heteroatoms. The number of carbonyl (C=O) groups is 1. The highest BCUT2D eigenvalue weighted by molar-refractivity contribution is 9.10. The molecule has 150 valence electrons. The Morgan fingerprint density at radius 3 is 2.77 bits per heavy atom. The van der Waals surface area contributed by atoms with Crippen LogP contribution in [0.4, 0.5) is 15.9 Å². The van der Waals surface area contributed by atoms with E-state index in [1.807, 2.05) is 30.3 Å². The fourth-order valence-electron chi connectivity index (χ4n) is 2.59. The van der Waals surface area contributed by atoms with Crippen LogP contribution in [0, 0.1) is 5.82 Å². The molecule has 0 radical (unpaired) electrons. The van der Waals surface area contributed by atoms with Crippen molar-refractivity contribution in [2.24, 2.45) is 5.16 Å². The number of amides is 1. The lowest BCUT2D eigenvalue weighted by atomic mass is 10.1. The summed E-state index contributed by atoms with van der Waals surface area (Å²) in [6, 6.07) is 17.3. The predicted molar refractivity (Wildman–Crippen MR) is 113 cm³/mol. The van der Waals surface area contributed by atoms with Crippen LogP contribution in [0.5, 0.6) is 0 Å². The van der Waals surface area contributed by atoms with Gasteiger partial charge in [0.15, 0.2) is 5.69 Å². The first-order valence-corrected chi connectivity index (χ1v) is 9.42. The second kappa shape index (κ2) is 8.70. The van der Waals surface area contributed by atoms with Gasteiger partial charge in [-0.15, -0.1) is 0 Å². The number of nitrogens with zero attached hydrogens (tertiary/aromatic N) is 3. The van der Waals surface area contributed by atoms with Crippen LogP contribution >= 0.6 is 15.9 Å². The van der Waals surface area contributed by atoms with E-state index in [9.17, 15) is 9.18 Å². The van der Waals surface area contributed by atoms with Crippen molar-refractivity contribution in [1.82, 2.24) is 10.3 Å². The van der Waals surface area contributed by atoms with Crippen molar-refractivity contribution in [3.05, 3.63) is 82.2 Å². The quantitative estimate of drug-likeness (QED) is 0.312. The third-order valence-corrected chi connectivity index (χ3v) is 4.68. The number of benzene rings is 3. The number of hydrogen-bond donors (Lipinski definition) is 2. The highest BCUT2D eigenvalue weighted by atomic mass is 79.9. The zero-order chi connectivity index (χ0) is 20.9. The van der Waals surface area contributed by atoms with Gasteiger partial charge < -0.3 is 5.32 Å². The Morgan fingerprint density at radius 2 is 1.93 bits per heavy atom. The van der Waals surface area contributed by atoms with E-state index < -0.39 is 5.82 Å². The molecule has 1 heterocycles. The van der Waals surface area contributed by atoms with E-state index in [4.69, 9.17) is 4.94 Å². The predicted octanol–water partition coefficient (Wildman–Crippen LogP) is 4.75. The first-order chi connectivity index (χ1) is 14.6. The molecule has 3 aromatic carbocycles. The lowest BCUT2D eigenvalue weighted by Gasteiger charge is -2.04. The zero-order valence-electron chi connectivity index (χ0n) is 15.2. The highest BCUT2D eigenvalue weighted by Crippen LogP contribution is 2.20. The Labute approximate surface area is 177 Å². The van der Waals surface area contributed by atoms with Gasteiger partial charge in [-0.3, -0.25) is 9.73 Å². The van der Waals surface area contributed by atoms with Crippen molar-refractivity contribution in [2.45, 2.75) is 0 Å². The maximum atomic E-state index is 13.2. The molecule has 0 fully saturated rings. The number of nitrogens with one attached hydrogen (secondary N) is 2. The van der Waals surface area contributed by atoms with Crippen LogP contribution in [0.3, 0.4) is 0 Å². The van der Waals surface area contributed by atoms with Crippen LogP contribution < -0.4 is 10.8 Å². The highest BCUT2D eigenvalue weighted by Gasteiger charge is 2.14. The molecule has 30 heavy (non-hydrogen) atoms. The molecule has 4 rings (SSSR count). The smallest absolute Gasteiger partial charge is 0.256 e. The fourth-order valence-corrected chi connectivity index (χ4v) is 2.97. The van der Waals surface area contributed by atoms with Gasteiger partial charge in [-0.25, -0.2) is 9.02 Å². The Morgan fingerprint density at radius 1 is 1.10 bits per heavy atom. The molecule has 0 atom stereocenters. The van der Waals surface area contributed by atoms with Gasteiger partial charge in [-0.2, -0.15) is 5.48 Å². The molecule has 0 bridgehead atoms. The second-order valence-electron chi connectivity index (χ2n) is 6.07. The van der Waals surface area contributed by atoms with Gasteiger partial charge in [-0.1, -0.05) is 35.5 Å². The molecule has 0 spiro atoms. The molecule has 0 saturated carbocycles. The number of aromatic nitrogens is 2. The topological polar surface area (TPSA) is 102 Å². The molecular formula is C20H13BrFN5O3. The van der Waals surface area contributed by atoms with E-state index >= 15 is 0 Å². The monoisotopic (exact) mass is 469 g/mol. The first kappa shape index (κ1) is 19.5. The van der Waals surface area contributed by atoms with E-state index in [1.165, 1.54) is 24.4 Å². The SMILES string of the molecule is O=C(Nc1nonc1/C=N/ONc1ccc(F)c(Br)c1)c1ccc2ccccc2c1. The molecule has 1 aromatic heterocycles. The molecule has 8 nitrogen and oxygen atoms in total. The zero-order valence-corrected chi connectivity index (χ0v) is 16.8. The Hall–Kier alpha value is -3.79. The van der Waals surface area contributed by atoms with Crippen molar-refractivity contribution in [3.63, 3.8) is 0 Å². The van der Waals surface area contributed by atoms with Gasteiger partial charge in [0.2, 0.25) is 5.82 Å². The minimum absolute atomic E-state index is 0.0880. The number of hydrogen-bond acceptors (Lipinski definition) is 7. The standard InChI is InChI=1S/C20H13BrFN5O3/c21-16-10-15(7-8-17(16)22)25-29-23-11-18-19(27-30-26-18)24-20(28)14-6-5-12-3-1-2-4-13(12)9-14/h1-11,25H,(H,24,27,28)/b23-11+. The largest absolute Gasteiger partial charge is 0.302 e. The number of anilines is 2. The Kier molecular flexibility index (Phi) is 5.66. The third kappa shape index (κ3) is 4.44. The summed E-state index contributed by atoms with van der Waals surface area (Å²) >= 11 is 3.07. The van der Waals surface area contributed by atoms with Crippen molar-refractivity contribution >= 4 is 50.3 Å². The normalized spacial score (nSPS) is 11.0. The lowest BCUT2D eigenvalue weighted by molar-refractivity contribution is 0.102. The summed E-state index contributed by atoms with van der Waals surface area (Å²) in [5.74, 6) is -0.684. The van der Waals surface area contributed by atoms with Crippen molar-refractivity contribution in [2.75, 3.05) is 10.8 Å². The molecule has 0 unspecified atom stereocenters. The average molecular weight is 470 g/mol. The lowest BCUT2D eigenvalue weighted by Crippen LogP contribution is -2.13. The maximum absolute atomic E-state index is 13.2. The molecule has 0 saturated heterocycles. The summed E-state index contributed by atoms with van der Waals surface area (Å²) in [6.07, 6.45) is 1.21.